The number of nitrogens with zero attached hydrogens (tertiary/aromatic N) is 1. The number of aromatic nitrogens is 1. The van der Waals surface area contributed by atoms with Crippen molar-refractivity contribution in [3.8, 4) is 0 Å². The van der Waals surface area contributed by atoms with Crippen LogP contribution in [0.25, 0.3) is 0 Å². The van der Waals surface area contributed by atoms with E-state index in [1.54, 1.807) is 13.1 Å². The van der Waals surface area contributed by atoms with Crippen LogP contribution in [0.4, 0.5) is 5.82 Å². The monoisotopic (exact) mass is 261 g/mol. The van der Waals surface area contributed by atoms with Crippen LogP contribution in [0.2, 0.25) is 0 Å². The summed E-state index contributed by atoms with van der Waals surface area (Å²) >= 11 is 0. The molecule has 0 radical (unpaired) electrons. The molecule has 4 heteroatoms. The Labute approximate surface area is 115 Å². The van der Waals surface area contributed by atoms with Gasteiger partial charge in [-0.3, -0.25) is 4.79 Å². The number of pyridine rings is 1. The van der Waals surface area contributed by atoms with E-state index in [0.29, 0.717) is 5.69 Å². The van der Waals surface area contributed by atoms with E-state index in [-0.39, 0.29) is 17.4 Å². The smallest absolute Gasteiger partial charge is 0.270 e. The van der Waals surface area contributed by atoms with E-state index in [4.69, 9.17) is 0 Å². The Morgan fingerprint density at radius 3 is 2.84 bits per heavy atom. The number of hydrogen-bond donors (Lipinski definition) is 2. The molecule has 1 aromatic heterocycles. The van der Waals surface area contributed by atoms with Gasteiger partial charge in [0.1, 0.15) is 11.5 Å². The standard InChI is InChI=1S/C15H23N3O/c1-15(2)10-5-4-8-12(15)18-14(19)11-7-6-9-13(16-3)17-11/h6-7,9,12H,4-5,8,10H2,1-3H3,(H,16,17)(H,18,19). The maximum absolute atomic E-state index is 12.3. The third-order valence-corrected chi connectivity index (χ3v) is 4.05. The molecule has 2 rings (SSSR count). The zero-order valence-electron chi connectivity index (χ0n) is 12.0. The van der Waals surface area contributed by atoms with Gasteiger partial charge in [0, 0.05) is 13.1 Å². The average molecular weight is 261 g/mol. The first-order valence-electron chi connectivity index (χ1n) is 6.98. The Balaban J connectivity index is 2.07. The fraction of sp³-hybridized carbons (Fsp3) is 0.600. The Hall–Kier alpha value is -1.58. The van der Waals surface area contributed by atoms with E-state index in [1.165, 1.54) is 19.3 Å². The molecular formula is C15H23N3O. The molecule has 1 saturated carbocycles. The molecule has 1 unspecified atom stereocenters. The molecule has 0 bridgehead atoms. The average Bonchev–Trinajstić information content (AvgIpc) is 2.41. The van der Waals surface area contributed by atoms with E-state index in [2.05, 4.69) is 29.5 Å². The summed E-state index contributed by atoms with van der Waals surface area (Å²) in [4.78, 5) is 16.5. The van der Waals surface area contributed by atoms with Crippen LogP contribution in [0.1, 0.15) is 50.0 Å². The first kappa shape index (κ1) is 13.8. The van der Waals surface area contributed by atoms with Gasteiger partial charge in [-0.25, -0.2) is 4.98 Å². The fourth-order valence-corrected chi connectivity index (χ4v) is 2.69. The second-order valence-corrected chi connectivity index (χ2v) is 5.92. The van der Waals surface area contributed by atoms with Gasteiger partial charge in [-0.1, -0.05) is 32.8 Å². The van der Waals surface area contributed by atoms with Crippen molar-refractivity contribution < 1.29 is 4.79 Å². The molecule has 0 saturated heterocycles. The van der Waals surface area contributed by atoms with Crippen molar-refractivity contribution in [2.24, 2.45) is 5.41 Å². The highest BCUT2D eigenvalue weighted by Crippen LogP contribution is 2.35. The van der Waals surface area contributed by atoms with Crippen LogP contribution >= 0.6 is 0 Å². The summed E-state index contributed by atoms with van der Waals surface area (Å²) in [7, 11) is 1.80. The first-order chi connectivity index (χ1) is 9.03. The first-order valence-corrected chi connectivity index (χ1v) is 6.98. The van der Waals surface area contributed by atoms with E-state index >= 15 is 0 Å². The van der Waals surface area contributed by atoms with Crippen molar-refractivity contribution in [1.82, 2.24) is 10.3 Å². The Bertz CT molecular complexity index is 456. The Morgan fingerprint density at radius 2 is 2.16 bits per heavy atom. The van der Waals surface area contributed by atoms with Gasteiger partial charge in [0.25, 0.3) is 5.91 Å². The number of rotatable bonds is 3. The van der Waals surface area contributed by atoms with Gasteiger partial charge in [0.2, 0.25) is 0 Å². The van der Waals surface area contributed by atoms with Crippen LogP contribution in [0, 0.1) is 5.41 Å². The normalized spacial score (nSPS) is 21.7. The van der Waals surface area contributed by atoms with Crippen molar-refractivity contribution in [3.05, 3.63) is 23.9 Å². The number of nitrogens with one attached hydrogen (secondary N) is 2. The van der Waals surface area contributed by atoms with Gasteiger partial charge in [0.15, 0.2) is 0 Å². The number of carbonyl (C=O) groups excluding carboxylic acids is 1. The van der Waals surface area contributed by atoms with Crippen LogP contribution < -0.4 is 10.6 Å². The lowest BCUT2D eigenvalue weighted by Crippen LogP contribution is -2.47. The lowest BCUT2D eigenvalue weighted by atomic mass is 9.73. The molecule has 1 atom stereocenters. The molecule has 4 nitrogen and oxygen atoms in total. The molecule has 19 heavy (non-hydrogen) atoms. The minimum Gasteiger partial charge on any atom is -0.373 e. The SMILES string of the molecule is CNc1cccc(C(=O)NC2CCCCC2(C)C)n1. The van der Waals surface area contributed by atoms with Crippen LogP contribution in [0.5, 0.6) is 0 Å². The number of carbonyl (C=O) groups is 1. The van der Waals surface area contributed by atoms with Crippen molar-refractivity contribution in [2.75, 3.05) is 12.4 Å². The molecule has 1 aromatic rings. The molecule has 1 fully saturated rings. The van der Waals surface area contributed by atoms with E-state index in [0.717, 1.165) is 12.2 Å². The summed E-state index contributed by atoms with van der Waals surface area (Å²) in [6, 6.07) is 5.70. The second-order valence-electron chi connectivity index (χ2n) is 5.92. The van der Waals surface area contributed by atoms with Gasteiger partial charge in [-0.05, 0) is 30.4 Å². The van der Waals surface area contributed by atoms with Crippen LogP contribution in [-0.2, 0) is 0 Å². The van der Waals surface area contributed by atoms with Crippen LogP contribution in [-0.4, -0.2) is 24.0 Å². The molecule has 1 aliphatic carbocycles. The van der Waals surface area contributed by atoms with Crippen molar-refractivity contribution in [3.63, 3.8) is 0 Å². The molecule has 1 heterocycles. The molecule has 0 aliphatic heterocycles. The van der Waals surface area contributed by atoms with Gasteiger partial charge in [-0.15, -0.1) is 0 Å². The summed E-state index contributed by atoms with van der Waals surface area (Å²) in [5.41, 5.74) is 0.655. The molecule has 0 aromatic carbocycles. The lowest BCUT2D eigenvalue weighted by molar-refractivity contribution is 0.0848. The van der Waals surface area contributed by atoms with Crippen LogP contribution in [0.15, 0.2) is 18.2 Å². The van der Waals surface area contributed by atoms with Crippen LogP contribution in [0.3, 0.4) is 0 Å². The predicted octanol–water partition coefficient (Wildman–Crippen LogP) is 2.82. The van der Waals surface area contributed by atoms with Gasteiger partial charge < -0.3 is 10.6 Å². The minimum atomic E-state index is -0.0722. The number of anilines is 1. The summed E-state index contributed by atoms with van der Waals surface area (Å²) in [5, 5.41) is 6.10. The van der Waals surface area contributed by atoms with Gasteiger partial charge in [-0.2, -0.15) is 0 Å². The van der Waals surface area contributed by atoms with Crippen molar-refractivity contribution in [2.45, 2.75) is 45.6 Å². The highest BCUT2D eigenvalue weighted by molar-refractivity contribution is 5.92. The third-order valence-electron chi connectivity index (χ3n) is 4.05. The largest absolute Gasteiger partial charge is 0.373 e. The minimum absolute atomic E-state index is 0.0722. The summed E-state index contributed by atoms with van der Waals surface area (Å²) in [6.45, 7) is 4.46. The molecule has 1 aliphatic rings. The maximum atomic E-state index is 12.3. The van der Waals surface area contributed by atoms with E-state index in [1.807, 2.05) is 12.1 Å². The quantitative estimate of drug-likeness (QED) is 0.879. The molecule has 2 N–H and O–H groups in total. The van der Waals surface area contributed by atoms with Gasteiger partial charge in [0.05, 0.1) is 0 Å². The molecule has 104 valence electrons. The summed E-state index contributed by atoms with van der Waals surface area (Å²) in [5.74, 6) is 0.646. The molecule has 1 amide bonds. The Kier molecular flexibility index (Phi) is 4.08. The summed E-state index contributed by atoms with van der Waals surface area (Å²) in [6.07, 6.45) is 4.68. The molecule has 0 spiro atoms. The zero-order chi connectivity index (χ0) is 13.9. The van der Waals surface area contributed by atoms with Crippen molar-refractivity contribution >= 4 is 11.7 Å². The fourth-order valence-electron chi connectivity index (χ4n) is 2.69. The Morgan fingerprint density at radius 1 is 1.37 bits per heavy atom. The maximum Gasteiger partial charge on any atom is 0.270 e. The zero-order valence-corrected chi connectivity index (χ0v) is 12.0. The highest BCUT2D eigenvalue weighted by Gasteiger charge is 2.33. The highest BCUT2D eigenvalue weighted by atomic mass is 16.1. The van der Waals surface area contributed by atoms with Gasteiger partial charge >= 0.3 is 0 Å². The number of hydrogen-bond acceptors (Lipinski definition) is 3. The van der Waals surface area contributed by atoms with Crippen molar-refractivity contribution in [1.29, 1.82) is 0 Å². The summed E-state index contributed by atoms with van der Waals surface area (Å²) < 4.78 is 0. The van der Waals surface area contributed by atoms with E-state index < -0.39 is 0 Å². The topological polar surface area (TPSA) is 54.0 Å². The van der Waals surface area contributed by atoms with E-state index in [9.17, 15) is 4.79 Å². The number of amides is 1. The molecular weight excluding hydrogens is 238 g/mol. The second kappa shape index (κ2) is 5.59. The lowest BCUT2D eigenvalue weighted by Gasteiger charge is -2.38. The third kappa shape index (κ3) is 3.25. The predicted molar refractivity (Wildman–Crippen MR) is 77.3 cm³/mol.